The Labute approximate surface area is 116 Å². The third-order valence-corrected chi connectivity index (χ3v) is 3.17. The Bertz CT molecular complexity index is 807. The highest BCUT2D eigenvalue weighted by Gasteiger charge is 2.15. The molecule has 0 aliphatic rings. The number of aryl methyl sites for hydroxylation is 2. The molecule has 3 aromatic rings. The molecule has 0 N–H and O–H groups in total. The van der Waals surface area contributed by atoms with Crippen LogP contribution in [0.2, 0.25) is 0 Å². The van der Waals surface area contributed by atoms with Crippen molar-refractivity contribution in [1.82, 2.24) is 14.7 Å². The van der Waals surface area contributed by atoms with Gasteiger partial charge in [0.1, 0.15) is 11.8 Å². The fourth-order valence-corrected chi connectivity index (χ4v) is 2.10. The van der Waals surface area contributed by atoms with Crippen molar-refractivity contribution in [2.75, 3.05) is 0 Å². The van der Waals surface area contributed by atoms with Gasteiger partial charge >= 0.3 is 0 Å². The normalized spacial score (nSPS) is 10.4. The van der Waals surface area contributed by atoms with Crippen LogP contribution in [0.3, 0.4) is 0 Å². The maximum Gasteiger partial charge on any atom is 0.274 e. The lowest BCUT2D eigenvalue weighted by Gasteiger charge is -1.98. The van der Waals surface area contributed by atoms with Gasteiger partial charge in [-0.1, -0.05) is 29.4 Å². The SMILES string of the molecule is Cc1ccccc1-c1noc(-c2cc(C#N)cn2C)n1. The third-order valence-electron chi connectivity index (χ3n) is 3.17. The molecule has 5 heteroatoms. The van der Waals surface area contributed by atoms with E-state index >= 15 is 0 Å². The van der Waals surface area contributed by atoms with Gasteiger partial charge in [-0.2, -0.15) is 10.2 Å². The maximum atomic E-state index is 8.91. The first-order chi connectivity index (χ1) is 9.69. The predicted octanol–water partition coefficient (Wildman–Crippen LogP) is 2.92. The van der Waals surface area contributed by atoms with Crippen LogP contribution in [-0.4, -0.2) is 14.7 Å². The third kappa shape index (κ3) is 1.97. The molecule has 0 bridgehead atoms. The molecule has 0 spiro atoms. The number of aromatic nitrogens is 3. The summed E-state index contributed by atoms with van der Waals surface area (Å²) in [6, 6.07) is 11.7. The lowest BCUT2D eigenvalue weighted by Crippen LogP contribution is -1.89. The molecule has 0 aliphatic heterocycles. The minimum Gasteiger partial charge on any atom is -0.345 e. The van der Waals surface area contributed by atoms with Crippen molar-refractivity contribution in [2.45, 2.75) is 6.92 Å². The van der Waals surface area contributed by atoms with E-state index in [1.807, 2.05) is 38.2 Å². The van der Waals surface area contributed by atoms with Crippen molar-refractivity contribution in [1.29, 1.82) is 5.26 Å². The average Bonchev–Trinajstić information content (AvgIpc) is 3.05. The monoisotopic (exact) mass is 264 g/mol. The lowest BCUT2D eigenvalue weighted by molar-refractivity contribution is 0.429. The van der Waals surface area contributed by atoms with Crippen LogP contribution < -0.4 is 0 Å². The van der Waals surface area contributed by atoms with Gasteiger partial charge < -0.3 is 9.09 Å². The largest absolute Gasteiger partial charge is 0.345 e. The van der Waals surface area contributed by atoms with Crippen molar-refractivity contribution < 1.29 is 4.52 Å². The van der Waals surface area contributed by atoms with E-state index in [0.29, 0.717) is 17.3 Å². The maximum absolute atomic E-state index is 8.91. The molecular weight excluding hydrogens is 252 g/mol. The Morgan fingerprint density at radius 3 is 2.80 bits per heavy atom. The van der Waals surface area contributed by atoms with Crippen molar-refractivity contribution in [3.63, 3.8) is 0 Å². The Hall–Kier alpha value is -2.87. The first kappa shape index (κ1) is 12.2. The summed E-state index contributed by atoms with van der Waals surface area (Å²) < 4.78 is 7.11. The van der Waals surface area contributed by atoms with Crippen LogP contribution in [0.5, 0.6) is 0 Å². The number of nitrogens with zero attached hydrogens (tertiary/aromatic N) is 4. The van der Waals surface area contributed by atoms with Gasteiger partial charge in [-0.15, -0.1) is 0 Å². The van der Waals surface area contributed by atoms with E-state index in [1.165, 1.54) is 0 Å². The van der Waals surface area contributed by atoms with E-state index in [9.17, 15) is 0 Å². The molecule has 2 heterocycles. The van der Waals surface area contributed by atoms with Crippen LogP contribution in [0.15, 0.2) is 41.1 Å². The van der Waals surface area contributed by atoms with Gasteiger partial charge in [0.2, 0.25) is 5.82 Å². The highest BCUT2D eigenvalue weighted by atomic mass is 16.5. The van der Waals surface area contributed by atoms with Crippen LogP contribution in [0.4, 0.5) is 0 Å². The van der Waals surface area contributed by atoms with Gasteiger partial charge in [-0.05, 0) is 18.6 Å². The Morgan fingerprint density at radius 1 is 1.30 bits per heavy atom. The van der Waals surface area contributed by atoms with Gasteiger partial charge in [0.15, 0.2) is 0 Å². The summed E-state index contributed by atoms with van der Waals surface area (Å²) in [4.78, 5) is 4.41. The zero-order valence-electron chi connectivity index (χ0n) is 11.2. The van der Waals surface area contributed by atoms with Crippen LogP contribution in [0.1, 0.15) is 11.1 Å². The molecule has 20 heavy (non-hydrogen) atoms. The summed E-state index contributed by atoms with van der Waals surface area (Å²) in [5.41, 5.74) is 3.33. The van der Waals surface area contributed by atoms with E-state index in [1.54, 1.807) is 16.8 Å². The number of nitriles is 1. The minimum atomic E-state index is 0.409. The Balaban J connectivity index is 2.05. The van der Waals surface area contributed by atoms with Gasteiger partial charge in [-0.25, -0.2) is 0 Å². The van der Waals surface area contributed by atoms with Gasteiger partial charge in [-0.3, -0.25) is 0 Å². The van der Waals surface area contributed by atoms with Crippen LogP contribution in [0, 0.1) is 18.3 Å². The fraction of sp³-hybridized carbons (Fsp3) is 0.133. The van der Waals surface area contributed by atoms with E-state index in [0.717, 1.165) is 16.8 Å². The molecular formula is C15H12N4O. The highest BCUT2D eigenvalue weighted by molar-refractivity contribution is 5.62. The number of benzene rings is 1. The van der Waals surface area contributed by atoms with Crippen molar-refractivity contribution in [2.24, 2.45) is 7.05 Å². The van der Waals surface area contributed by atoms with E-state index in [4.69, 9.17) is 9.78 Å². The summed E-state index contributed by atoms with van der Waals surface area (Å²) in [5, 5.41) is 12.9. The molecule has 0 atom stereocenters. The summed E-state index contributed by atoms with van der Waals surface area (Å²) in [7, 11) is 1.84. The van der Waals surface area contributed by atoms with E-state index < -0.39 is 0 Å². The second kappa shape index (κ2) is 4.67. The van der Waals surface area contributed by atoms with Crippen LogP contribution in [0.25, 0.3) is 23.0 Å². The smallest absolute Gasteiger partial charge is 0.274 e. The second-order valence-corrected chi connectivity index (χ2v) is 4.57. The molecule has 0 fully saturated rings. The topological polar surface area (TPSA) is 67.6 Å². The molecule has 0 saturated heterocycles. The van der Waals surface area contributed by atoms with Crippen molar-refractivity contribution in [3.8, 4) is 29.0 Å². The van der Waals surface area contributed by atoms with Gasteiger partial charge in [0, 0.05) is 18.8 Å². The summed E-state index contributed by atoms with van der Waals surface area (Å²) in [6.45, 7) is 2.00. The zero-order valence-corrected chi connectivity index (χ0v) is 11.2. The van der Waals surface area contributed by atoms with E-state index in [2.05, 4.69) is 16.2 Å². The van der Waals surface area contributed by atoms with Crippen LogP contribution >= 0.6 is 0 Å². The first-order valence-electron chi connectivity index (χ1n) is 6.15. The molecule has 0 radical (unpaired) electrons. The summed E-state index contributed by atoms with van der Waals surface area (Å²) >= 11 is 0. The molecule has 1 aromatic carbocycles. The minimum absolute atomic E-state index is 0.409. The zero-order chi connectivity index (χ0) is 14.1. The summed E-state index contributed by atoms with van der Waals surface area (Å²) in [5.74, 6) is 0.963. The van der Waals surface area contributed by atoms with E-state index in [-0.39, 0.29) is 0 Å². The average molecular weight is 264 g/mol. The number of rotatable bonds is 2. The fourth-order valence-electron chi connectivity index (χ4n) is 2.10. The van der Waals surface area contributed by atoms with Crippen molar-refractivity contribution in [3.05, 3.63) is 47.7 Å². The quantitative estimate of drug-likeness (QED) is 0.713. The summed E-state index contributed by atoms with van der Waals surface area (Å²) in [6.07, 6.45) is 1.73. The van der Waals surface area contributed by atoms with Gasteiger partial charge in [0.25, 0.3) is 5.89 Å². The first-order valence-corrected chi connectivity index (χ1v) is 6.15. The number of hydrogen-bond acceptors (Lipinski definition) is 4. The Morgan fingerprint density at radius 2 is 2.10 bits per heavy atom. The molecule has 0 amide bonds. The lowest BCUT2D eigenvalue weighted by atomic mass is 10.1. The second-order valence-electron chi connectivity index (χ2n) is 4.57. The molecule has 0 aliphatic carbocycles. The highest BCUT2D eigenvalue weighted by Crippen LogP contribution is 2.25. The molecule has 2 aromatic heterocycles. The molecule has 5 nitrogen and oxygen atoms in total. The molecule has 0 unspecified atom stereocenters. The Kier molecular flexibility index (Phi) is 2.84. The van der Waals surface area contributed by atoms with Gasteiger partial charge in [0.05, 0.1) is 5.56 Å². The molecule has 98 valence electrons. The molecule has 3 rings (SSSR count). The number of hydrogen-bond donors (Lipinski definition) is 0. The van der Waals surface area contributed by atoms with Crippen LogP contribution in [-0.2, 0) is 7.05 Å². The standard InChI is InChI=1S/C15H12N4O/c1-10-5-3-4-6-12(10)14-17-15(20-18-14)13-7-11(8-16)9-19(13)2/h3-7,9H,1-2H3. The molecule has 0 saturated carbocycles. The van der Waals surface area contributed by atoms with Crippen molar-refractivity contribution >= 4 is 0 Å². The predicted molar refractivity (Wildman–Crippen MR) is 73.6 cm³/mol.